The Morgan fingerprint density at radius 1 is 0.918 bits per heavy atom. The zero-order chi connectivity index (χ0) is 42.6. The number of para-hydroxylation sites is 3. The van der Waals surface area contributed by atoms with Gasteiger partial charge in [0.25, 0.3) is 17.5 Å². The molecule has 1 saturated heterocycles. The Kier molecular flexibility index (Phi) is 10.1. The van der Waals surface area contributed by atoms with Gasteiger partial charge in [0.2, 0.25) is 8.41 Å². The van der Waals surface area contributed by atoms with Crippen molar-refractivity contribution in [2.24, 2.45) is 5.92 Å². The number of carbonyl (C=O) groups excluding carboxylic acids is 2. The van der Waals surface area contributed by atoms with Crippen molar-refractivity contribution < 1.29 is 33.2 Å². The third kappa shape index (κ3) is 6.87. The third-order valence-corrected chi connectivity index (χ3v) is 14.7. The van der Waals surface area contributed by atoms with Crippen molar-refractivity contribution in [2.45, 2.75) is 62.7 Å². The zero-order valence-electron chi connectivity index (χ0n) is 33.7. The van der Waals surface area contributed by atoms with E-state index in [-0.39, 0.29) is 43.6 Å². The van der Waals surface area contributed by atoms with Gasteiger partial charge in [0, 0.05) is 47.6 Å². The SMILES string of the molecule is C[C@H]1[C@H]([Si](C)(C)F)[C@@H](CCn2cc(C(CO)c3ccccc3)nn2)O[C@]12C(=O)N(Cc1cccc(N3C(=O)c4ccccc4Oc4ccccc43)c1)c1ccc([N+](=O)[O-])cc12. The standard InChI is InChI=1S/C46H43FN6O7Si/c1-29-43(61(2,3)47)42(22-23-50-27-37(48-49-50)35(28-54)31-13-5-4-6-14-31)60-46(29)36-25-33(53(57)58)20-21-38(36)51(45(46)56)26-30-12-11-15-32(24-30)52-39-17-8-10-19-41(39)59-40-18-9-7-16-34(40)44(52)55/h4-21,24-25,27,29,35,42-43,54H,22-23,26,28H2,1-3H3/t29-,35?,42+,43-,46+/m0/s1. The maximum absolute atomic E-state index is 16.7. The molecule has 0 saturated carbocycles. The Hall–Kier alpha value is -6.55. The number of non-ortho nitro benzene ring substituents is 1. The number of nitrogens with zero attached hydrogens (tertiary/aromatic N) is 6. The number of nitro groups is 1. The summed E-state index contributed by atoms with van der Waals surface area (Å²) in [6.45, 7) is 5.17. The Labute approximate surface area is 352 Å². The van der Waals surface area contributed by atoms with Gasteiger partial charge in [-0.1, -0.05) is 78.9 Å². The fraction of sp³-hybridized carbons (Fsp3) is 0.261. The van der Waals surface area contributed by atoms with Crippen LogP contribution in [0.25, 0.3) is 0 Å². The molecule has 5 aromatic carbocycles. The van der Waals surface area contributed by atoms with Crippen LogP contribution >= 0.6 is 0 Å². The van der Waals surface area contributed by atoms with Crippen molar-refractivity contribution in [3.05, 3.63) is 166 Å². The first-order valence-electron chi connectivity index (χ1n) is 20.2. The normalized spacial score (nSPS) is 21.2. The van der Waals surface area contributed by atoms with Gasteiger partial charge in [0.05, 0.1) is 52.7 Å². The summed E-state index contributed by atoms with van der Waals surface area (Å²) in [5, 5.41) is 31.1. The molecule has 9 rings (SSSR count). The molecule has 3 aliphatic rings. The maximum Gasteiger partial charge on any atom is 0.269 e. The maximum atomic E-state index is 16.7. The number of rotatable bonds is 11. The van der Waals surface area contributed by atoms with Crippen LogP contribution in [0.15, 0.2) is 128 Å². The number of nitro benzene ring substituents is 1. The minimum Gasteiger partial charge on any atom is -0.454 e. The summed E-state index contributed by atoms with van der Waals surface area (Å²) in [4.78, 5) is 44.2. The number of hydrogen-bond acceptors (Lipinski definition) is 9. The average Bonchev–Trinajstić information content (AvgIpc) is 3.88. The molecule has 0 aliphatic carbocycles. The largest absolute Gasteiger partial charge is 0.454 e. The fourth-order valence-electron chi connectivity index (χ4n) is 9.51. The highest BCUT2D eigenvalue weighted by atomic mass is 28.4. The van der Waals surface area contributed by atoms with E-state index in [0.29, 0.717) is 50.9 Å². The number of aryl methyl sites for hydroxylation is 1. The van der Waals surface area contributed by atoms with Crippen LogP contribution in [0.4, 0.5) is 26.9 Å². The van der Waals surface area contributed by atoms with Crippen molar-refractivity contribution in [1.82, 2.24) is 15.0 Å². The lowest BCUT2D eigenvalue weighted by Gasteiger charge is -2.31. The number of aromatic nitrogens is 3. The van der Waals surface area contributed by atoms with Crippen molar-refractivity contribution in [3.63, 3.8) is 0 Å². The monoisotopic (exact) mass is 838 g/mol. The van der Waals surface area contributed by atoms with E-state index < -0.39 is 42.4 Å². The van der Waals surface area contributed by atoms with Crippen LogP contribution in [0.2, 0.25) is 18.6 Å². The van der Waals surface area contributed by atoms with Crippen LogP contribution in [0, 0.1) is 16.0 Å². The van der Waals surface area contributed by atoms with Gasteiger partial charge < -0.3 is 23.6 Å². The quantitative estimate of drug-likeness (QED) is 0.0584. The zero-order valence-corrected chi connectivity index (χ0v) is 34.7. The number of fused-ring (bicyclic) bond motifs is 4. The van der Waals surface area contributed by atoms with Crippen molar-refractivity contribution in [1.29, 1.82) is 0 Å². The molecule has 1 fully saturated rings. The van der Waals surface area contributed by atoms with E-state index in [1.54, 1.807) is 76.2 Å². The number of ether oxygens (including phenoxy) is 2. The highest BCUT2D eigenvalue weighted by Crippen LogP contribution is 2.61. The number of anilines is 3. The van der Waals surface area contributed by atoms with E-state index in [2.05, 4.69) is 10.3 Å². The van der Waals surface area contributed by atoms with Crippen LogP contribution in [-0.4, -0.2) is 58.0 Å². The van der Waals surface area contributed by atoms with Crippen molar-refractivity contribution in [3.8, 4) is 11.5 Å². The predicted molar refractivity (Wildman–Crippen MR) is 228 cm³/mol. The first kappa shape index (κ1) is 39.9. The van der Waals surface area contributed by atoms with Crippen LogP contribution in [0.5, 0.6) is 11.5 Å². The Balaban J connectivity index is 1.05. The van der Waals surface area contributed by atoms with E-state index in [1.807, 2.05) is 73.7 Å². The van der Waals surface area contributed by atoms with Gasteiger partial charge in [-0.2, -0.15) is 0 Å². The number of hydrogen-bond donors (Lipinski definition) is 1. The highest BCUT2D eigenvalue weighted by molar-refractivity contribution is 6.72. The lowest BCUT2D eigenvalue weighted by Crippen LogP contribution is -2.45. The summed E-state index contributed by atoms with van der Waals surface area (Å²) < 4.78 is 31.4. The van der Waals surface area contributed by atoms with Crippen LogP contribution < -0.4 is 14.5 Å². The number of benzene rings is 5. The van der Waals surface area contributed by atoms with Crippen LogP contribution in [-0.2, 0) is 28.2 Å². The van der Waals surface area contributed by atoms with Crippen molar-refractivity contribution in [2.75, 3.05) is 16.4 Å². The molecule has 2 amide bonds. The average molecular weight is 839 g/mol. The molecule has 310 valence electrons. The van der Waals surface area contributed by atoms with Gasteiger partial charge in [-0.05, 0) is 73.1 Å². The summed E-state index contributed by atoms with van der Waals surface area (Å²) in [7, 11) is -3.57. The summed E-state index contributed by atoms with van der Waals surface area (Å²) in [5.74, 6) is -0.873. The highest BCUT2D eigenvalue weighted by Gasteiger charge is 2.67. The molecule has 6 aromatic rings. The van der Waals surface area contributed by atoms with E-state index >= 15 is 8.90 Å². The summed E-state index contributed by atoms with van der Waals surface area (Å²) in [6, 6.07) is 35.4. The van der Waals surface area contributed by atoms with Crippen LogP contribution in [0.3, 0.4) is 0 Å². The first-order chi connectivity index (χ1) is 29.4. The molecule has 0 bridgehead atoms. The van der Waals surface area contributed by atoms with Crippen LogP contribution in [0.1, 0.15) is 52.0 Å². The van der Waals surface area contributed by atoms with E-state index in [0.717, 1.165) is 5.56 Å². The molecule has 61 heavy (non-hydrogen) atoms. The topological polar surface area (TPSA) is 153 Å². The molecule has 1 unspecified atom stereocenters. The minimum absolute atomic E-state index is 0.0348. The number of amides is 2. The second-order valence-corrected chi connectivity index (χ2v) is 20.1. The van der Waals surface area contributed by atoms with Gasteiger partial charge in [-0.15, -0.1) is 5.10 Å². The molecular formula is C46H43FN6O7Si. The first-order valence-corrected chi connectivity index (χ1v) is 23.2. The summed E-state index contributed by atoms with van der Waals surface area (Å²) in [6.07, 6.45) is 1.30. The molecule has 4 heterocycles. The fourth-order valence-corrected chi connectivity index (χ4v) is 12.1. The molecule has 0 radical (unpaired) electrons. The Morgan fingerprint density at radius 3 is 2.41 bits per heavy atom. The number of aliphatic hydroxyl groups is 1. The predicted octanol–water partition coefficient (Wildman–Crippen LogP) is 8.81. The molecule has 5 atom stereocenters. The molecule has 13 nitrogen and oxygen atoms in total. The second-order valence-electron chi connectivity index (χ2n) is 16.3. The molecule has 1 spiro atoms. The lowest BCUT2D eigenvalue weighted by atomic mass is 9.82. The van der Waals surface area contributed by atoms with Gasteiger partial charge in [-0.25, -0.2) is 0 Å². The van der Waals surface area contributed by atoms with Gasteiger partial charge in [-0.3, -0.25) is 29.3 Å². The van der Waals surface area contributed by atoms with Gasteiger partial charge in [0.15, 0.2) is 11.4 Å². The molecule has 1 N–H and O–H groups in total. The molecular weight excluding hydrogens is 796 g/mol. The summed E-state index contributed by atoms with van der Waals surface area (Å²) >= 11 is 0. The molecule has 3 aliphatic heterocycles. The molecule has 15 heteroatoms. The second kappa shape index (κ2) is 15.5. The van der Waals surface area contributed by atoms with E-state index in [1.165, 1.54) is 12.1 Å². The lowest BCUT2D eigenvalue weighted by molar-refractivity contribution is -0.385. The minimum atomic E-state index is -3.57. The number of aliphatic hydroxyl groups excluding tert-OH is 1. The number of carbonyl (C=O) groups is 2. The van der Waals surface area contributed by atoms with Gasteiger partial charge in [0.1, 0.15) is 5.75 Å². The van der Waals surface area contributed by atoms with Crippen molar-refractivity contribution >= 4 is 43.0 Å². The Morgan fingerprint density at radius 2 is 1.66 bits per heavy atom. The molecule has 1 aromatic heterocycles. The van der Waals surface area contributed by atoms with E-state index in [4.69, 9.17) is 9.47 Å². The summed E-state index contributed by atoms with van der Waals surface area (Å²) in [5.41, 5.74) is 1.79. The smallest absolute Gasteiger partial charge is 0.269 e. The van der Waals surface area contributed by atoms with Gasteiger partial charge >= 0.3 is 0 Å². The third-order valence-electron chi connectivity index (χ3n) is 12.3. The van der Waals surface area contributed by atoms with E-state index in [9.17, 15) is 20.0 Å². The number of halogens is 1. The Bertz CT molecular complexity index is 2670.